The summed E-state index contributed by atoms with van der Waals surface area (Å²) in [4.78, 5) is 74.3. The van der Waals surface area contributed by atoms with Crippen LogP contribution >= 0.6 is 0 Å². The average Bonchev–Trinajstić information content (AvgIpc) is 3.21. The topological polar surface area (TPSA) is 178 Å². The van der Waals surface area contributed by atoms with Crippen molar-refractivity contribution in [2.24, 2.45) is 11.8 Å². The van der Waals surface area contributed by atoms with Gasteiger partial charge in [0.15, 0.2) is 6.10 Å². The van der Waals surface area contributed by atoms with E-state index in [0.29, 0.717) is 35.5 Å². The number of amides is 3. The second kappa shape index (κ2) is 21.8. The molecule has 3 aromatic rings. The molecule has 3 rings (SSSR count). The van der Waals surface area contributed by atoms with Gasteiger partial charge in [0.05, 0.1) is 14.2 Å². The molecule has 0 saturated carbocycles. The van der Waals surface area contributed by atoms with Gasteiger partial charge in [0.25, 0.3) is 11.7 Å². The number of carbonyl (C=O) groups is 5. The average molecular weight is 806 g/mol. The van der Waals surface area contributed by atoms with E-state index in [9.17, 15) is 29.1 Å². The van der Waals surface area contributed by atoms with Gasteiger partial charge in [0.2, 0.25) is 11.8 Å². The third kappa shape index (κ3) is 12.7. The van der Waals surface area contributed by atoms with Gasteiger partial charge in [0.1, 0.15) is 35.7 Å². The van der Waals surface area contributed by atoms with Crippen LogP contribution in [0.3, 0.4) is 0 Å². The van der Waals surface area contributed by atoms with Crippen LogP contribution in [0.2, 0.25) is 0 Å². The van der Waals surface area contributed by atoms with Gasteiger partial charge in [-0.3, -0.25) is 24.1 Å². The van der Waals surface area contributed by atoms with Crippen molar-refractivity contribution in [2.45, 2.75) is 83.6 Å². The summed E-state index contributed by atoms with van der Waals surface area (Å²) in [5, 5.41) is 20.6. The number of rotatable bonds is 20. The summed E-state index contributed by atoms with van der Waals surface area (Å²) in [6.45, 7) is 7.19. The maximum Gasteiger partial charge on any atom is 0.328 e. The molecule has 3 aromatic carbocycles. The Hall–Kier alpha value is -5.63. The number of methoxy groups -OCH3 is 2. The van der Waals surface area contributed by atoms with Crippen molar-refractivity contribution in [3.63, 3.8) is 0 Å². The highest BCUT2D eigenvalue weighted by Crippen LogP contribution is 2.22. The van der Waals surface area contributed by atoms with Gasteiger partial charge >= 0.3 is 11.9 Å². The highest BCUT2D eigenvalue weighted by atomic mass is 16.6. The van der Waals surface area contributed by atoms with E-state index in [-0.39, 0.29) is 18.6 Å². The maximum atomic E-state index is 14.5. The Morgan fingerprint density at radius 3 is 1.66 bits per heavy atom. The van der Waals surface area contributed by atoms with E-state index >= 15 is 0 Å². The predicted molar refractivity (Wildman–Crippen MR) is 220 cm³/mol. The molecule has 0 heterocycles. The molecule has 0 aliphatic carbocycles. The fourth-order valence-electron chi connectivity index (χ4n) is 6.44. The SMILES string of the molecule is CC[C@H](C)[C@H](OC(=O)[C@H](Cc1ccc(OC)cc1)N(C)C)C(=O)N[C@@H](C(=O)N(C)[C@@H](Cc1ccc(O)cc1)C(=O)N(C)[C@H](Cc1ccc([OH2+])cc1)C(=O)OC)C(C)C. The fourth-order valence-corrected chi connectivity index (χ4v) is 6.44. The Morgan fingerprint density at radius 2 is 1.17 bits per heavy atom. The van der Waals surface area contributed by atoms with Crippen LogP contribution < -0.4 is 10.1 Å². The molecule has 316 valence electrons. The molecule has 0 fully saturated rings. The Balaban J connectivity index is 1.92. The number of nitrogens with one attached hydrogen (secondary N) is 1. The number of carbonyl (C=O) groups excluding carboxylic acids is 5. The fraction of sp³-hybridized carbons (Fsp3) is 0.477. The predicted octanol–water partition coefficient (Wildman–Crippen LogP) is 3.72. The molecular formula is C44H61N4O10+. The lowest BCUT2D eigenvalue weighted by Crippen LogP contribution is -2.59. The van der Waals surface area contributed by atoms with Crippen molar-refractivity contribution >= 4 is 29.7 Å². The molecule has 14 heteroatoms. The van der Waals surface area contributed by atoms with Crippen molar-refractivity contribution < 1.29 is 48.4 Å². The van der Waals surface area contributed by atoms with Crippen LogP contribution in [0.5, 0.6) is 17.2 Å². The van der Waals surface area contributed by atoms with E-state index in [1.165, 1.54) is 43.1 Å². The molecule has 14 nitrogen and oxygen atoms in total. The first-order valence-electron chi connectivity index (χ1n) is 19.4. The van der Waals surface area contributed by atoms with Gasteiger partial charge in [-0.2, -0.15) is 0 Å². The van der Waals surface area contributed by atoms with Gasteiger partial charge in [0, 0.05) is 45.0 Å². The van der Waals surface area contributed by atoms with E-state index < -0.39 is 71.8 Å². The molecule has 4 N–H and O–H groups in total. The highest BCUT2D eigenvalue weighted by molar-refractivity contribution is 5.95. The van der Waals surface area contributed by atoms with Crippen LogP contribution in [0.4, 0.5) is 0 Å². The quantitative estimate of drug-likeness (QED) is 0.126. The first-order valence-corrected chi connectivity index (χ1v) is 19.4. The van der Waals surface area contributed by atoms with Gasteiger partial charge < -0.3 is 39.5 Å². The molecule has 0 bridgehead atoms. The Labute approximate surface area is 342 Å². The molecule has 0 aliphatic heterocycles. The standard InChI is InChI=1S/C44H60N4O10/c1-11-28(4)39(58-44(55)36(46(5)6)25-31-16-22-34(56-9)23-17-31)40(51)45-38(27(2)3)42(53)47(7)35(24-29-12-18-32(49)19-13-29)41(52)48(8)37(43(54)57-10)26-30-14-20-33(50)21-15-30/h12-23,27-28,35-39,49-50H,11,24-26H2,1-10H3,(H,45,51)/p+1/t28-,35-,36-,37+,38+,39-/m0/s1. The van der Waals surface area contributed by atoms with Crippen LogP contribution in [0, 0.1) is 11.8 Å². The molecule has 0 radical (unpaired) electrons. The van der Waals surface area contributed by atoms with E-state index in [0.717, 1.165) is 5.56 Å². The zero-order chi connectivity index (χ0) is 43.3. The van der Waals surface area contributed by atoms with Gasteiger partial charge in [-0.1, -0.05) is 52.0 Å². The molecule has 58 heavy (non-hydrogen) atoms. The van der Waals surface area contributed by atoms with Crippen LogP contribution in [0.1, 0.15) is 50.8 Å². The molecule has 0 aromatic heterocycles. The van der Waals surface area contributed by atoms with Gasteiger partial charge in [-0.05, 0) is 85.9 Å². The first-order chi connectivity index (χ1) is 27.4. The second-order valence-corrected chi connectivity index (χ2v) is 15.2. The number of esters is 2. The largest absolute Gasteiger partial charge is 0.593 e. The summed E-state index contributed by atoms with van der Waals surface area (Å²) >= 11 is 0. The summed E-state index contributed by atoms with van der Waals surface area (Å²) in [6, 6.07) is 16.0. The molecule has 0 spiro atoms. The van der Waals surface area contributed by atoms with Crippen LogP contribution in [-0.2, 0) is 52.7 Å². The number of aromatic hydroxyl groups is 1. The lowest BCUT2D eigenvalue weighted by molar-refractivity contribution is -0.164. The number of phenols is 1. The van der Waals surface area contributed by atoms with Crippen LogP contribution in [0.15, 0.2) is 72.8 Å². The summed E-state index contributed by atoms with van der Waals surface area (Å²) in [5.41, 5.74) is 2.20. The Kier molecular flexibility index (Phi) is 17.5. The summed E-state index contributed by atoms with van der Waals surface area (Å²) in [5.74, 6) is -2.91. The molecule has 0 saturated heterocycles. The Bertz CT molecular complexity index is 1820. The third-order valence-electron chi connectivity index (χ3n) is 10.5. The third-order valence-corrected chi connectivity index (χ3v) is 10.5. The summed E-state index contributed by atoms with van der Waals surface area (Å²) in [7, 11) is 9.25. The monoisotopic (exact) mass is 805 g/mol. The lowest BCUT2D eigenvalue weighted by atomic mass is 9.96. The lowest BCUT2D eigenvalue weighted by Gasteiger charge is -2.36. The zero-order valence-corrected chi connectivity index (χ0v) is 35.4. The van der Waals surface area contributed by atoms with E-state index in [2.05, 4.69) is 5.32 Å². The number of phenolic OH excluding ortho intramolecular Hbond substituents is 1. The number of hydrogen-bond acceptors (Lipinski definition) is 10. The molecule has 0 aliphatic rings. The van der Waals surface area contributed by atoms with Crippen LogP contribution in [-0.4, -0.2) is 127 Å². The summed E-state index contributed by atoms with van der Waals surface area (Å²) in [6.07, 6.45) is -0.295. The van der Waals surface area contributed by atoms with Crippen molar-refractivity contribution in [3.05, 3.63) is 89.5 Å². The minimum absolute atomic E-state index is 0.0130. The number of likely N-dealkylation sites (N-methyl/N-ethyl adjacent to an activating group) is 3. The second-order valence-electron chi connectivity index (χ2n) is 15.2. The Morgan fingerprint density at radius 1 is 0.690 bits per heavy atom. The van der Waals surface area contributed by atoms with Crippen molar-refractivity contribution in [2.75, 3.05) is 42.4 Å². The molecule has 3 amide bonds. The molecular weight excluding hydrogens is 745 g/mol. The number of hydrogen-bond donors (Lipinski definition) is 2. The zero-order valence-electron chi connectivity index (χ0n) is 35.4. The van der Waals surface area contributed by atoms with E-state index in [1.807, 2.05) is 19.1 Å². The van der Waals surface area contributed by atoms with Crippen molar-refractivity contribution in [1.29, 1.82) is 0 Å². The summed E-state index contributed by atoms with van der Waals surface area (Å²) < 4.78 is 16.3. The number of benzene rings is 3. The smallest absolute Gasteiger partial charge is 0.328 e. The maximum absolute atomic E-state index is 14.5. The van der Waals surface area contributed by atoms with Crippen molar-refractivity contribution in [1.82, 2.24) is 20.0 Å². The number of ether oxygens (including phenoxy) is 3. The highest BCUT2D eigenvalue weighted by Gasteiger charge is 2.40. The molecule has 0 unspecified atom stereocenters. The van der Waals surface area contributed by atoms with E-state index in [1.54, 1.807) is 95.4 Å². The van der Waals surface area contributed by atoms with Gasteiger partial charge in [-0.25, -0.2) is 4.79 Å². The van der Waals surface area contributed by atoms with Crippen LogP contribution in [0.25, 0.3) is 0 Å². The van der Waals surface area contributed by atoms with Crippen molar-refractivity contribution in [3.8, 4) is 17.2 Å². The van der Waals surface area contributed by atoms with Gasteiger partial charge in [-0.15, -0.1) is 0 Å². The number of nitrogens with zero attached hydrogens (tertiary/aromatic N) is 3. The minimum atomic E-state index is -1.22. The minimum Gasteiger partial charge on any atom is -0.593 e. The molecule has 6 atom stereocenters. The first kappa shape index (κ1) is 46.8. The normalized spacial score (nSPS) is 14.3. The van der Waals surface area contributed by atoms with E-state index in [4.69, 9.17) is 19.3 Å².